The van der Waals surface area contributed by atoms with Crippen LogP contribution in [0.15, 0.2) is 66.9 Å². The maximum absolute atomic E-state index is 16.1. The fourth-order valence-corrected chi connectivity index (χ4v) is 8.63. The van der Waals surface area contributed by atoms with Crippen LogP contribution < -0.4 is 15.4 Å². The topological polar surface area (TPSA) is 187 Å². The van der Waals surface area contributed by atoms with Gasteiger partial charge in [0.25, 0.3) is 0 Å². The Morgan fingerprint density at radius 2 is 1.61 bits per heavy atom. The van der Waals surface area contributed by atoms with E-state index in [9.17, 15) is 50.6 Å². The van der Waals surface area contributed by atoms with Crippen LogP contribution in [0.3, 0.4) is 0 Å². The van der Waals surface area contributed by atoms with E-state index in [2.05, 4.69) is 15.6 Å². The van der Waals surface area contributed by atoms with Crippen molar-refractivity contribution in [2.75, 3.05) is 33.8 Å². The summed E-state index contributed by atoms with van der Waals surface area (Å²) in [6.07, 6.45) is -10.2. The average Bonchev–Trinajstić information content (AvgIpc) is 3.65. The van der Waals surface area contributed by atoms with Crippen LogP contribution in [0.25, 0.3) is 11.3 Å². The molecule has 2 bridgehead atoms. The number of amides is 4. The SMILES string of the molecule is CNCc1ncc(-c2ccc(Oc3cc(Cl)cc(F)c3CN3C(=O)C[C@@H](CC(F)(F)F)C(=O)N4CCC[C@@](Cc5ccc(Cl)cc5)(C4)N(C)C(=O)[C@H](CO)NC(=O)[C@@H]3C)cc2)n1C.O=C(O)C(F)(F)F. The highest BCUT2D eigenvalue weighted by molar-refractivity contribution is 6.31. The summed E-state index contributed by atoms with van der Waals surface area (Å²) in [5.41, 5.74) is 0.841. The molecular formula is C46H50Cl2F7N7O8. The number of benzene rings is 3. The van der Waals surface area contributed by atoms with Gasteiger partial charge in [-0.15, -0.1) is 0 Å². The fourth-order valence-electron chi connectivity index (χ4n) is 8.31. The normalized spacial score (nSPS) is 20.7. The molecule has 4 amide bonds. The summed E-state index contributed by atoms with van der Waals surface area (Å²) in [4.78, 5) is 73.8. The molecule has 70 heavy (non-hydrogen) atoms. The molecule has 1 aromatic heterocycles. The first kappa shape index (κ1) is 55.0. The molecule has 0 aliphatic carbocycles. The summed E-state index contributed by atoms with van der Waals surface area (Å²) in [6, 6.07) is 12.6. The van der Waals surface area contributed by atoms with Crippen molar-refractivity contribution in [3.8, 4) is 22.8 Å². The van der Waals surface area contributed by atoms with E-state index in [0.29, 0.717) is 23.6 Å². The van der Waals surface area contributed by atoms with E-state index in [1.54, 1.807) is 61.8 Å². The van der Waals surface area contributed by atoms with Gasteiger partial charge in [0.05, 0.1) is 49.5 Å². The zero-order valence-electron chi connectivity index (χ0n) is 38.1. The number of halogens is 9. The highest BCUT2D eigenvalue weighted by Crippen LogP contribution is 2.37. The number of hydrogen-bond acceptors (Lipinski definition) is 9. The number of carbonyl (C=O) groups excluding carboxylic acids is 4. The Labute approximate surface area is 407 Å². The first-order valence-electron chi connectivity index (χ1n) is 21.6. The number of nitrogens with zero attached hydrogens (tertiary/aromatic N) is 5. The molecule has 0 unspecified atom stereocenters. The van der Waals surface area contributed by atoms with Crippen LogP contribution in [0.5, 0.6) is 11.5 Å². The predicted molar refractivity (Wildman–Crippen MR) is 241 cm³/mol. The summed E-state index contributed by atoms with van der Waals surface area (Å²) in [7, 11) is 5.13. The zero-order valence-corrected chi connectivity index (χ0v) is 39.6. The molecule has 2 saturated heterocycles. The van der Waals surface area contributed by atoms with Crippen LogP contribution in [-0.2, 0) is 50.5 Å². The van der Waals surface area contributed by atoms with Crippen molar-refractivity contribution in [3.63, 3.8) is 0 Å². The van der Waals surface area contributed by atoms with Crippen molar-refractivity contribution in [2.24, 2.45) is 13.0 Å². The molecule has 380 valence electrons. The number of carboxylic acids is 1. The number of aliphatic hydroxyl groups is 1. The Balaban J connectivity index is 0.00000121. The second kappa shape index (κ2) is 22.8. The number of carboxylic acid groups (broad SMARTS) is 1. The Hall–Kier alpha value is -5.97. The molecule has 2 aliphatic heterocycles. The van der Waals surface area contributed by atoms with Crippen molar-refractivity contribution in [3.05, 3.63) is 99.7 Å². The van der Waals surface area contributed by atoms with Gasteiger partial charge in [-0.25, -0.2) is 14.2 Å². The smallest absolute Gasteiger partial charge is 0.475 e. The molecule has 0 radical (unpaired) electrons. The fraction of sp³-hybridized carbons (Fsp3) is 0.435. The third kappa shape index (κ3) is 13.7. The molecule has 0 spiro atoms. The van der Waals surface area contributed by atoms with Gasteiger partial charge in [0.1, 0.15) is 35.2 Å². The minimum absolute atomic E-state index is 0.0448. The number of fused-ring (bicyclic) bond motifs is 2. The lowest BCUT2D eigenvalue weighted by Gasteiger charge is -2.50. The number of aliphatic carboxylic acids is 1. The van der Waals surface area contributed by atoms with Crippen LogP contribution in [-0.4, -0.2) is 128 Å². The first-order chi connectivity index (χ1) is 32.8. The van der Waals surface area contributed by atoms with Gasteiger partial charge in [-0.1, -0.05) is 35.3 Å². The van der Waals surface area contributed by atoms with Gasteiger partial charge in [-0.05, 0) is 87.3 Å². The van der Waals surface area contributed by atoms with E-state index >= 15 is 4.39 Å². The molecule has 2 aliphatic rings. The molecule has 6 rings (SSSR count). The maximum atomic E-state index is 16.1. The zero-order chi connectivity index (χ0) is 51.9. The molecule has 0 saturated carbocycles. The lowest BCUT2D eigenvalue weighted by atomic mass is 9.80. The van der Waals surface area contributed by atoms with Crippen LogP contribution in [0.1, 0.15) is 49.6 Å². The van der Waals surface area contributed by atoms with Crippen molar-refractivity contribution < 1.29 is 69.7 Å². The maximum Gasteiger partial charge on any atom is 0.490 e. The van der Waals surface area contributed by atoms with Crippen molar-refractivity contribution in [1.82, 2.24) is 34.9 Å². The number of hydrogen-bond donors (Lipinski definition) is 4. The van der Waals surface area contributed by atoms with Gasteiger partial charge in [-0.3, -0.25) is 19.2 Å². The van der Waals surface area contributed by atoms with Gasteiger partial charge in [0, 0.05) is 54.8 Å². The Bertz CT molecular complexity index is 2530. The molecule has 15 nitrogen and oxygen atoms in total. The predicted octanol–water partition coefficient (Wildman–Crippen LogP) is 6.91. The lowest BCUT2D eigenvalue weighted by molar-refractivity contribution is -0.192. The summed E-state index contributed by atoms with van der Waals surface area (Å²) in [6.45, 7) is 0.0406. The molecule has 3 aromatic carbocycles. The third-order valence-corrected chi connectivity index (χ3v) is 12.5. The van der Waals surface area contributed by atoms with Crippen LogP contribution in [0, 0.1) is 11.7 Å². The number of rotatable bonds is 11. The number of aliphatic hydroxyl groups excluding tert-OH is 1. The van der Waals surface area contributed by atoms with Gasteiger partial charge in [0.2, 0.25) is 23.6 Å². The van der Waals surface area contributed by atoms with Crippen LogP contribution in [0.4, 0.5) is 30.7 Å². The minimum Gasteiger partial charge on any atom is -0.475 e. The highest BCUT2D eigenvalue weighted by atomic mass is 35.5. The van der Waals surface area contributed by atoms with Crippen molar-refractivity contribution in [1.29, 1.82) is 0 Å². The molecule has 3 heterocycles. The summed E-state index contributed by atoms with van der Waals surface area (Å²) < 4.78 is 98.8. The standard InChI is InChI=1S/C44H49Cl2F4N7O6.C2HF3O2/c1-26-40(60)53-35(24-58)42(62)55(4)43(19-27-6-10-30(45)11-7-27)14-5-15-56(25-43)41(61)29(20-44(48,49)50)16-39(59)57(26)23-33-34(47)17-31(46)18-37(33)63-32-12-8-28(9-13-32)36-21-52-38(22-51-2)54(36)3;3-2(4,5)1(6)7/h6-13,17-18,21,26,29,35,51,58H,5,14-16,19-20,22-25H2,1-4H3,(H,53,60);(H,6,7)/t26-,29-,35-,43+;/m0./s1. The second-order valence-corrected chi connectivity index (χ2v) is 17.8. The molecule has 4 aromatic rings. The quantitative estimate of drug-likeness (QED) is 0.115. The van der Waals surface area contributed by atoms with E-state index < -0.39 is 97.3 Å². The van der Waals surface area contributed by atoms with E-state index in [0.717, 1.165) is 28.0 Å². The minimum atomic E-state index is -5.08. The molecule has 2 fully saturated rings. The number of alkyl halides is 6. The Morgan fingerprint density at radius 3 is 2.20 bits per heavy atom. The van der Waals surface area contributed by atoms with Crippen molar-refractivity contribution in [2.45, 2.75) is 82.1 Å². The number of imidazole rings is 1. The van der Waals surface area contributed by atoms with Crippen LogP contribution >= 0.6 is 23.2 Å². The monoisotopic (exact) mass is 1030 g/mol. The number of carbonyl (C=O) groups is 5. The van der Waals surface area contributed by atoms with Gasteiger partial charge in [0.15, 0.2) is 0 Å². The second-order valence-electron chi connectivity index (χ2n) is 16.9. The third-order valence-electron chi connectivity index (χ3n) is 12.1. The molecule has 4 N–H and O–H groups in total. The number of piperidine rings is 1. The Kier molecular flexibility index (Phi) is 17.9. The number of aromatic nitrogens is 2. The summed E-state index contributed by atoms with van der Waals surface area (Å²) in [5, 5.41) is 23.6. The van der Waals surface area contributed by atoms with Crippen LogP contribution in [0.2, 0.25) is 10.0 Å². The van der Waals surface area contributed by atoms with Gasteiger partial charge in [-0.2, -0.15) is 26.3 Å². The largest absolute Gasteiger partial charge is 0.490 e. The molecular weight excluding hydrogens is 982 g/mol. The lowest BCUT2D eigenvalue weighted by Crippen LogP contribution is -2.65. The number of nitrogens with one attached hydrogen (secondary N) is 2. The Morgan fingerprint density at radius 1 is 0.971 bits per heavy atom. The number of ether oxygens (including phenoxy) is 1. The molecule has 4 atom stereocenters. The van der Waals surface area contributed by atoms with E-state index in [-0.39, 0.29) is 48.0 Å². The van der Waals surface area contributed by atoms with Gasteiger partial charge >= 0.3 is 18.3 Å². The van der Waals surface area contributed by atoms with E-state index in [1.165, 1.54) is 29.8 Å². The summed E-state index contributed by atoms with van der Waals surface area (Å²) in [5.74, 6) is -8.55. The van der Waals surface area contributed by atoms with E-state index in [4.69, 9.17) is 37.8 Å². The van der Waals surface area contributed by atoms with Crippen molar-refractivity contribution >= 4 is 52.8 Å². The summed E-state index contributed by atoms with van der Waals surface area (Å²) >= 11 is 12.4. The van der Waals surface area contributed by atoms with E-state index in [1.807, 2.05) is 11.6 Å². The highest BCUT2D eigenvalue weighted by Gasteiger charge is 2.48. The first-order valence-corrected chi connectivity index (χ1v) is 22.3. The van der Waals surface area contributed by atoms with Gasteiger partial charge < -0.3 is 44.9 Å². The molecule has 24 heteroatoms. The average molecular weight is 1030 g/mol. The number of likely N-dealkylation sites (N-methyl/N-ethyl adjacent to an activating group) is 1.